The SMILES string of the molecule is CCCCNC(=O)[C@@H](CC)N(Cc1ccc(Cl)cc1)C(=O)CSc1ccccc1. The van der Waals surface area contributed by atoms with Gasteiger partial charge in [0.15, 0.2) is 0 Å². The molecule has 0 fully saturated rings. The number of thioether (sulfide) groups is 1. The predicted molar refractivity (Wildman–Crippen MR) is 121 cm³/mol. The van der Waals surface area contributed by atoms with E-state index in [1.165, 1.54) is 11.8 Å². The molecule has 156 valence electrons. The summed E-state index contributed by atoms with van der Waals surface area (Å²) in [4.78, 5) is 28.6. The maximum atomic E-state index is 13.1. The molecule has 4 nitrogen and oxygen atoms in total. The number of amides is 2. The highest BCUT2D eigenvalue weighted by atomic mass is 35.5. The van der Waals surface area contributed by atoms with Gasteiger partial charge in [-0.2, -0.15) is 0 Å². The van der Waals surface area contributed by atoms with Gasteiger partial charge in [-0.25, -0.2) is 0 Å². The molecule has 0 bridgehead atoms. The smallest absolute Gasteiger partial charge is 0.242 e. The van der Waals surface area contributed by atoms with E-state index < -0.39 is 6.04 Å². The Morgan fingerprint density at radius 1 is 1.07 bits per heavy atom. The van der Waals surface area contributed by atoms with E-state index in [0.29, 0.717) is 24.5 Å². The van der Waals surface area contributed by atoms with Gasteiger partial charge < -0.3 is 10.2 Å². The summed E-state index contributed by atoms with van der Waals surface area (Å²) in [6.07, 6.45) is 2.50. The van der Waals surface area contributed by atoms with Crippen molar-refractivity contribution in [1.29, 1.82) is 0 Å². The lowest BCUT2D eigenvalue weighted by atomic mass is 10.1. The molecule has 2 rings (SSSR count). The zero-order valence-electron chi connectivity index (χ0n) is 17.1. The van der Waals surface area contributed by atoms with Gasteiger partial charge in [0.2, 0.25) is 11.8 Å². The highest BCUT2D eigenvalue weighted by molar-refractivity contribution is 8.00. The van der Waals surface area contributed by atoms with Crippen molar-refractivity contribution in [2.24, 2.45) is 0 Å². The van der Waals surface area contributed by atoms with Crippen molar-refractivity contribution in [2.45, 2.75) is 50.6 Å². The van der Waals surface area contributed by atoms with Crippen LogP contribution in [0.15, 0.2) is 59.5 Å². The van der Waals surface area contributed by atoms with E-state index in [9.17, 15) is 9.59 Å². The summed E-state index contributed by atoms with van der Waals surface area (Å²) >= 11 is 7.48. The minimum atomic E-state index is -0.494. The Bertz CT molecular complexity index is 768. The van der Waals surface area contributed by atoms with E-state index in [0.717, 1.165) is 23.3 Å². The van der Waals surface area contributed by atoms with Crippen molar-refractivity contribution in [3.05, 3.63) is 65.2 Å². The molecule has 2 amide bonds. The molecule has 0 saturated heterocycles. The first-order valence-corrected chi connectivity index (χ1v) is 11.4. The van der Waals surface area contributed by atoms with Gasteiger partial charge >= 0.3 is 0 Å². The number of hydrogen-bond donors (Lipinski definition) is 1. The second-order valence-electron chi connectivity index (χ2n) is 6.82. The van der Waals surface area contributed by atoms with E-state index >= 15 is 0 Å². The first-order chi connectivity index (χ1) is 14.0. The van der Waals surface area contributed by atoms with Crippen molar-refractivity contribution in [2.75, 3.05) is 12.3 Å². The fourth-order valence-corrected chi connectivity index (χ4v) is 3.89. The van der Waals surface area contributed by atoms with Crippen molar-refractivity contribution < 1.29 is 9.59 Å². The maximum absolute atomic E-state index is 13.1. The van der Waals surface area contributed by atoms with Crippen LogP contribution in [0.3, 0.4) is 0 Å². The number of halogens is 1. The van der Waals surface area contributed by atoms with Gasteiger partial charge in [0.05, 0.1) is 5.75 Å². The minimum Gasteiger partial charge on any atom is -0.354 e. The van der Waals surface area contributed by atoms with Crippen molar-refractivity contribution in [3.63, 3.8) is 0 Å². The average molecular weight is 433 g/mol. The molecule has 0 spiro atoms. The lowest BCUT2D eigenvalue weighted by Crippen LogP contribution is -2.49. The summed E-state index contributed by atoms with van der Waals surface area (Å²) < 4.78 is 0. The molecule has 0 aromatic heterocycles. The molecule has 0 unspecified atom stereocenters. The molecule has 0 heterocycles. The molecular weight excluding hydrogens is 404 g/mol. The highest BCUT2D eigenvalue weighted by Crippen LogP contribution is 2.20. The summed E-state index contributed by atoms with van der Waals surface area (Å²) in [5, 5.41) is 3.63. The second-order valence-corrected chi connectivity index (χ2v) is 8.30. The lowest BCUT2D eigenvalue weighted by Gasteiger charge is -2.30. The molecule has 2 aromatic carbocycles. The fourth-order valence-electron chi connectivity index (χ4n) is 2.96. The normalized spacial score (nSPS) is 11.7. The topological polar surface area (TPSA) is 49.4 Å². The summed E-state index contributed by atoms with van der Waals surface area (Å²) in [7, 11) is 0. The van der Waals surface area contributed by atoms with E-state index in [2.05, 4.69) is 12.2 Å². The number of unbranched alkanes of at least 4 members (excludes halogenated alkanes) is 1. The van der Waals surface area contributed by atoms with Crippen LogP contribution in [0.25, 0.3) is 0 Å². The van der Waals surface area contributed by atoms with Gasteiger partial charge in [0.25, 0.3) is 0 Å². The van der Waals surface area contributed by atoms with Gasteiger partial charge in [-0.3, -0.25) is 9.59 Å². The Morgan fingerprint density at radius 2 is 1.76 bits per heavy atom. The summed E-state index contributed by atoms with van der Waals surface area (Å²) in [6.45, 7) is 5.04. The fraction of sp³-hybridized carbons (Fsp3) is 0.391. The number of nitrogens with zero attached hydrogens (tertiary/aromatic N) is 1. The standard InChI is InChI=1S/C23H29ClN2O2S/c1-3-5-15-25-23(28)21(4-2)26(16-18-11-13-19(24)14-12-18)22(27)17-29-20-9-7-6-8-10-20/h6-14,21H,3-5,15-17H2,1-2H3,(H,25,28)/t21-/m1/s1. The van der Waals surface area contributed by atoms with Crippen LogP contribution in [0.1, 0.15) is 38.7 Å². The zero-order valence-corrected chi connectivity index (χ0v) is 18.6. The Morgan fingerprint density at radius 3 is 2.38 bits per heavy atom. The monoisotopic (exact) mass is 432 g/mol. The van der Waals surface area contributed by atoms with Gasteiger partial charge in [-0.15, -0.1) is 11.8 Å². The van der Waals surface area contributed by atoms with Gasteiger partial charge in [0, 0.05) is 23.0 Å². The Labute approximate surface area is 183 Å². The first kappa shape index (κ1) is 23.3. The summed E-state index contributed by atoms with van der Waals surface area (Å²) in [5.74, 6) is 0.148. The van der Waals surface area contributed by atoms with E-state index in [4.69, 9.17) is 11.6 Å². The lowest BCUT2D eigenvalue weighted by molar-refractivity contribution is -0.139. The quantitative estimate of drug-likeness (QED) is 0.394. The molecule has 2 aromatic rings. The van der Waals surface area contributed by atoms with Crippen LogP contribution in [0, 0.1) is 0 Å². The maximum Gasteiger partial charge on any atom is 0.242 e. The molecule has 0 aliphatic heterocycles. The van der Waals surface area contributed by atoms with Gasteiger partial charge in [-0.05, 0) is 42.7 Å². The number of carbonyl (C=O) groups is 2. The Balaban J connectivity index is 2.14. The van der Waals surface area contributed by atoms with Crippen molar-refractivity contribution >= 4 is 35.2 Å². The van der Waals surface area contributed by atoms with Crippen LogP contribution in [-0.4, -0.2) is 35.1 Å². The molecule has 6 heteroatoms. The number of carbonyl (C=O) groups excluding carboxylic acids is 2. The molecule has 0 saturated carbocycles. The number of nitrogens with one attached hydrogen (secondary N) is 1. The molecule has 1 N–H and O–H groups in total. The number of rotatable bonds is 11. The molecule has 0 aliphatic carbocycles. The van der Waals surface area contributed by atoms with E-state index in [1.807, 2.05) is 49.4 Å². The summed E-state index contributed by atoms with van der Waals surface area (Å²) in [5.41, 5.74) is 0.951. The van der Waals surface area contributed by atoms with Crippen LogP contribution >= 0.6 is 23.4 Å². The first-order valence-electron chi connectivity index (χ1n) is 10.0. The van der Waals surface area contributed by atoms with E-state index in [-0.39, 0.29) is 17.6 Å². The van der Waals surface area contributed by atoms with Crippen LogP contribution in [0.5, 0.6) is 0 Å². The number of hydrogen-bond acceptors (Lipinski definition) is 3. The molecule has 0 radical (unpaired) electrons. The van der Waals surface area contributed by atoms with Crippen LogP contribution < -0.4 is 5.32 Å². The minimum absolute atomic E-state index is 0.0497. The van der Waals surface area contributed by atoms with Crippen LogP contribution in [0.4, 0.5) is 0 Å². The predicted octanol–water partition coefficient (Wildman–Crippen LogP) is 5.16. The van der Waals surface area contributed by atoms with Crippen LogP contribution in [-0.2, 0) is 16.1 Å². The highest BCUT2D eigenvalue weighted by Gasteiger charge is 2.28. The van der Waals surface area contributed by atoms with Gasteiger partial charge in [-0.1, -0.05) is 62.2 Å². The summed E-state index contributed by atoms with van der Waals surface area (Å²) in [6, 6.07) is 16.7. The Kier molecular flexibility index (Phi) is 10.1. The second kappa shape index (κ2) is 12.6. The zero-order chi connectivity index (χ0) is 21.1. The third-order valence-electron chi connectivity index (χ3n) is 4.59. The third kappa shape index (κ3) is 7.75. The molecule has 0 aliphatic rings. The largest absolute Gasteiger partial charge is 0.354 e. The van der Waals surface area contributed by atoms with Crippen molar-refractivity contribution in [3.8, 4) is 0 Å². The molecule has 29 heavy (non-hydrogen) atoms. The van der Waals surface area contributed by atoms with Crippen molar-refractivity contribution in [1.82, 2.24) is 10.2 Å². The molecule has 1 atom stereocenters. The number of benzene rings is 2. The van der Waals surface area contributed by atoms with Gasteiger partial charge in [0.1, 0.15) is 6.04 Å². The third-order valence-corrected chi connectivity index (χ3v) is 5.84. The average Bonchev–Trinajstić information content (AvgIpc) is 2.74. The Hall–Kier alpha value is -1.98. The van der Waals surface area contributed by atoms with Crippen LogP contribution in [0.2, 0.25) is 5.02 Å². The molecular formula is C23H29ClN2O2S. The van der Waals surface area contributed by atoms with E-state index in [1.54, 1.807) is 17.0 Å².